The Labute approximate surface area is 220 Å². The number of aromatic nitrogens is 1. The van der Waals surface area contributed by atoms with Gasteiger partial charge in [-0.2, -0.15) is 0 Å². The van der Waals surface area contributed by atoms with Crippen LogP contribution in [-0.4, -0.2) is 21.8 Å². The van der Waals surface area contributed by atoms with E-state index in [1.807, 2.05) is 13.0 Å². The van der Waals surface area contributed by atoms with Crippen LogP contribution >= 0.6 is 11.3 Å². The molecule has 6 heteroatoms. The summed E-state index contributed by atoms with van der Waals surface area (Å²) >= 11 is 1.48. The number of benzene rings is 1. The molecule has 196 valence electrons. The highest BCUT2D eigenvalue weighted by atomic mass is 32.1. The van der Waals surface area contributed by atoms with Gasteiger partial charge < -0.3 is 10.4 Å². The van der Waals surface area contributed by atoms with Crippen molar-refractivity contribution in [3.63, 3.8) is 0 Å². The van der Waals surface area contributed by atoms with Crippen LogP contribution in [0.25, 0.3) is 0 Å². The number of carbonyl (C=O) groups excluding carboxylic acids is 2. The maximum Gasteiger partial charge on any atom is 0.226 e. The van der Waals surface area contributed by atoms with Gasteiger partial charge in [0.2, 0.25) is 5.91 Å². The van der Waals surface area contributed by atoms with Crippen molar-refractivity contribution in [3.8, 4) is 5.75 Å². The zero-order valence-electron chi connectivity index (χ0n) is 22.7. The summed E-state index contributed by atoms with van der Waals surface area (Å²) in [5.41, 5.74) is 3.14. The van der Waals surface area contributed by atoms with E-state index in [0.717, 1.165) is 49.0 Å². The summed E-state index contributed by atoms with van der Waals surface area (Å²) < 4.78 is 0. The van der Waals surface area contributed by atoms with E-state index in [4.69, 9.17) is 0 Å². The number of carbonyl (C=O) groups is 2. The number of phenolic OH excluding ortho intramolecular Hbond substituents is 1. The van der Waals surface area contributed by atoms with Crippen LogP contribution < -0.4 is 5.32 Å². The maximum atomic E-state index is 13.4. The molecule has 0 aliphatic heterocycles. The number of thiazole rings is 1. The van der Waals surface area contributed by atoms with Crippen molar-refractivity contribution in [2.45, 2.75) is 104 Å². The van der Waals surface area contributed by atoms with Gasteiger partial charge in [-0.3, -0.25) is 9.59 Å². The normalized spacial score (nSPS) is 26.8. The van der Waals surface area contributed by atoms with Crippen LogP contribution in [0.15, 0.2) is 18.3 Å². The number of aryl methyl sites for hydroxylation is 2. The summed E-state index contributed by atoms with van der Waals surface area (Å²) in [4.78, 5) is 31.3. The molecule has 0 spiro atoms. The Kier molecular flexibility index (Phi) is 7.66. The topological polar surface area (TPSA) is 79.3 Å². The number of anilines is 1. The van der Waals surface area contributed by atoms with Crippen LogP contribution in [0.5, 0.6) is 5.75 Å². The van der Waals surface area contributed by atoms with Gasteiger partial charge in [0.25, 0.3) is 0 Å². The highest BCUT2D eigenvalue weighted by Gasteiger charge is 2.50. The summed E-state index contributed by atoms with van der Waals surface area (Å²) in [6, 6.07) is 4.22. The molecule has 2 aliphatic rings. The number of fused-ring (bicyclic) bond motifs is 2. The van der Waals surface area contributed by atoms with Gasteiger partial charge in [-0.15, -0.1) is 11.3 Å². The lowest BCUT2D eigenvalue weighted by molar-refractivity contribution is -0.127. The highest BCUT2D eigenvalue weighted by molar-refractivity contribution is 7.15. The predicted molar refractivity (Wildman–Crippen MR) is 147 cm³/mol. The van der Waals surface area contributed by atoms with Crippen molar-refractivity contribution in [3.05, 3.63) is 39.9 Å². The first-order valence-electron chi connectivity index (χ1n) is 13.5. The van der Waals surface area contributed by atoms with Crippen molar-refractivity contribution in [2.24, 2.45) is 17.3 Å². The molecular weight excluding hydrogens is 468 g/mol. The summed E-state index contributed by atoms with van der Waals surface area (Å²) in [7, 11) is 0. The lowest BCUT2D eigenvalue weighted by Gasteiger charge is -2.35. The summed E-state index contributed by atoms with van der Waals surface area (Å²) in [6.45, 7) is 12.8. The molecule has 2 aromatic rings. The average Bonchev–Trinajstić information content (AvgIpc) is 3.30. The monoisotopic (exact) mass is 510 g/mol. The number of hydrogen-bond acceptors (Lipinski definition) is 5. The quantitative estimate of drug-likeness (QED) is 0.452. The summed E-state index contributed by atoms with van der Waals surface area (Å²) in [5.74, 6) is 1.64. The van der Waals surface area contributed by atoms with E-state index in [-0.39, 0.29) is 22.7 Å². The number of ketones is 1. The van der Waals surface area contributed by atoms with E-state index in [2.05, 4.69) is 51.0 Å². The van der Waals surface area contributed by atoms with E-state index in [0.29, 0.717) is 41.3 Å². The maximum absolute atomic E-state index is 13.4. The standard InChI is InChI=1S/C30H42N2O3S/c1-18-12-13-30(6)23(9-7-8-20-14-25(33)24(16-22(18)20)29(3,4)5)21(15-26(30)34)10-11-27(35)32-28-31-17-19(2)36-28/h14,16-18,21,23,33H,7-13,15H2,1-6H3,(H,31,32,35). The molecule has 1 aromatic carbocycles. The van der Waals surface area contributed by atoms with Gasteiger partial charge in [-0.25, -0.2) is 4.98 Å². The highest BCUT2D eigenvalue weighted by Crippen LogP contribution is 2.52. The minimum atomic E-state index is -0.316. The fourth-order valence-electron chi connectivity index (χ4n) is 6.54. The van der Waals surface area contributed by atoms with E-state index >= 15 is 0 Å². The molecule has 4 unspecified atom stereocenters. The van der Waals surface area contributed by atoms with Crippen molar-refractivity contribution in [1.82, 2.24) is 4.98 Å². The van der Waals surface area contributed by atoms with Gasteiger partial charge in [0.05, 0.1) is 0 Å². The van der Waals surface area contributed by atoms with Gasteiger partial charge in [-0.05, 0) is 91.4 Å². The third-order valence-electron chi connectivity index (χ3n) is 8.74. The van der Waals surface area contributed by atoms with Crippen LogP contribution in [0, 0.1) is 24.2 Å². The molecule has 1 heterocycles. The third kappa shape index (κ3) is 5.53. The zero-order valence-corrected chi connectivity index (χ0v) is 23.6. The van der Waals surface area contributed by atoms with Crippen LogP contribution in [0.2, 0.25) is 0 Å². The first-order chi connectivity index (χ1) is 16.9. The Morgan fingerprint density at radius 2 is 2.03 bits per heavy atom. The molecule has 2 N–H and O–H groups in total. The van der Waals surface area contributed by atoms with Crippen molar-refractivity contribution in [1.29, 1.82) is 0 Å². The molecule has 4 rings (SSSR count). The Morgan fingerprint density at radius 1 is 1.28 bits per heavy atom. The van der Waals surface area contributed by atoms with E-state index in [1.165, 1.54) is 22.5 Å². The molecule has 0 radical (unpaired) electrons. The third-order valence-corrected chi connectivity index (χ3v) is 9.56. The second-order valence-corrected chi connectivity index (χ2v) is 13.7. The number of hydrogen-bond donors (Lipinski definition) is 2. The molecule has 0 saturated heterocycles. The van der Waals surface area contributed by atoms with Crippen molar-refractivity contribution in [2.75, 3.05) is 5.32 Å². The van der Waals surface area contributed by atoms with E-state index < -0.39 is 0 Å². The molecule has 2 aliphatic carbocycles. The molecule has 1 amide bonds. The number of nitrogens with zero attached hydrogens (tertiary/aromatic N) is 1. The Hall–Kier alpha value is -2.21. The minimum Gasteiger partial charge on any atom is -0.508 e. The fourth-order valence-corrected chi connectivity index (χ4v) is 7.22. The van der Waals surface area contributed by atoms with Gasteiger partial charge in [0, 0.05) is 29.3 Å². The van der Waals surface area contributed by atoms with Crippen molar-refractivity contribution < 1.29 is 14.7 Å². The molecule has 4 atom stereocenters. The molecule has 0 bridgehead atoms. The second kappa shape index (κ2) is 10.3. The van der Waals surface area contributed by atoms with Crippen molar-refractivity contribution >= 4 is 28.2 Å². The summed E-state index contributed by atoms with van der Waals surface area (Å²) in [6.07, 6.45) is 8.23. The number of amides is 1. The van der Waals surface area contributed by atoms with Crippen LogP contribution in [0.4, 0.5) is 5.13 Å². The molecule has 5 nitrogen and oxygen atoms in total. The lowest BCUT2D eigenvalue weighted by Crippen LogP contribution is -2.32. The fraction of sp³-hybridized carbons (Fsp3) is 0.633. The lowest BCUT2D eigenvalue weighted by atomic mass is 9.68. The number of rotatable bonds is 4. The van der Waals surface area contributed by atoms with Crippen LogP contribution in [-0.2, 0) is 21.4 Å². The largest absolute Gasteiger partial charge is 0.508 e. The van der Waals surface area contributed by atoms with Gasteiger partial charge >= 0.3 is 0 Å². The summed E-state index contributed by atoms with van der Waals surface area (Å²) in [5, 5.41) is 14.4. The zero-order chi connectivity index (χ0) is 26.3. The van der Waals surface area contributed by atoms with Gasteiger partial charge in [0.15, 0.2) is 5.13 Å². The van der Waals surface area contributed by atoms with Crippen LogP contribution in [0.1, 0.15) is 107 Å². The van der Waals surface area contributed by atoms with Gasteiger partial charge in [0.1, 0.15) is 11.5 Å². The number of Topliss-reactive ketones (excluding diaryl/α,β-unsaturated/α-hetero) is 1. The first-order valence-corrected chi connectivity index (χ1v) is 14.3. The number of phenols is 1. The molecule has 1 saturated carbocycles. The Bertz CT molecular complexity index is 1130. The van der Waals surface area contributed by atoms with Crippen LogP contribution in [0.3, 0.4) is 0 Å². The van der Waals surface area contributed by atoms with E-state index in [9.17, 15) is 14.7 Å². The average molecular weight is 511 g/mol. The predicted octanol–water partition coefficient (Wildman–Crippen LogP) is 7.31. The van der Waals surface area contributed by atoms with E-state index in [1.54, 1.807) is 6.20 Å². The number of aromatic hydroxyl groups is 1. The minimum absolute atomic E-state index is 0.0158. The Morgan fingerprint density at radius 3 is 2.69 bits per heavy atom. The van der Waals surface area contributed by atoms with Gasteiger partial charge in [-0.1, -0.05) is 40.7 Å². The smallest absolute Gasteiger partial charge is 0.226 e. The second-order valence-electron chi connectivity index (χ2n) is 12.4. The SMILES string of the molecule is Cc1cnc(NC(=O)CCC2CC(=O)C3(C)CCC(C)c4cc(C(C)(C)C)c(O)cc4CCCC23)s1. The molecule has 1 aromatic heterocycles. The molecule has 36 heavy (non-hydrogen) atoms. The Balaban J connectivity index is 1.50. The number of nitrogens with one attached hydrogen (secondary N) is 1. The molecule has 1 fully saturated rings. The first kappa shape index (κ1) is 26.8. The molecular formula is C30H42N2O3S.